The van der Waals surface area contributed by atoms with Gasteiger partial charge in [0.2, 0.25) is 0 Å². The molecule has 1 atom stereocenters. The second-order valence-corrected chi connectivity index (χ2v) is 8.43. The minimum Gasteiger partial charge on any atom is -0.493 e. The van der Waals surface area contributed by atoms with Gasteiger partial charge in [-0.2, -0.15) is 0 Å². The third kappa shape index (κ3) is 6.66. The van der Waals surface area contributed by atoms with E-state index in [-0.39, 0.29) is 60.1 Å². The van der Waals surface area contributed by atoms with Gasteiger partial charge < -0.3 is 31.3 Å². The third-order valence-corrected chi connectivity index (χ3v) is 5.64. The fourth-order valence-corrected chi connectivity index (χ4v) is 3.85. The van der Waals surface area contributed by atoms with E-state index in [0.717, 1.165) is 11.1 Å². The molecule has 1 aromatic carbocycles. The summed E-state index contributed by atoms with van der Waals surface area (Å²) in [7, 11) is 1.59. The molecule has 0 aliphatic rings. The summed E-state index contributed by atoms with van der Waals surface area (Å²) in [4.78, 5) is 21.7. The molecule has 36 heavy (non-hydrogen) atoms. The Kier molecular flexibility index (Phi) is 10.9. The van der Waals surface area contributed by atoms with E-state index in [9.17, 15) is 10.2 Å². The van der Waals surface area contributed by atoms with Crippen molar-refractivity contribution in [3.8, 4) is 0 Å². The molecule has 2 heterocycles. The molecule has 0 unspecified atom stereocenters. The summed E-state index contributed by atoms with van der Waals surface area (Å²) in [6, 6.07) is 6.61. The number of aliphatic imine (C=N–C) groups is 1. The molecule has 9 nitrogen and oxygen atoms in total. The van der Waals surface area contributed by atoms with Gasteiger partial charge >= 0.3 is 0 Å². The zero-order chi connectivity index (χ0) is 25.7. The van der Waals surface area contributed by atoms with Gasteiger partial charge in [0.25, 0.3) is 0 Å². The number of fused-ring (bicyclic) bond motifs is 1. The molecular weight excluding hydrogens is 633 g/mol. The first-order valence-electron chi connectivity index (χ1n) is 10.9. The summed E-state index contributed by atoms with van der Waals surface area (Å²) < 4.78 is 11.3. The number of nitrogens with one attached hydrogen (secondary N) is 1. The molecule has 3 aromatic rings. The van der Waals surface area contributed by atoms with Gasteiger partial charge in [0.1, 0.15) is 16.5 Å². The van der Waals surface area contributed by atoms with Crippen molar-refractivity contribution in [1.82, 2.24) is 4.98 Å². The van der Waals surface area contributed by atoms with Crippen LogP contribution in [0.3, 0.4) is 0 Å². The monoisotopic (exact) mass is 660 g/mol. The maximum absolute atomic E-state index is 13.3. The summed E-state index contributed by atoms with van der Waals surface area (Å²) >= 11 is 5.96. The number of hydrogen-bond acceptors (Lipinski definition) is 7. The molecule has 0 bridgehead atoms. The number of nitrogens with two attached hydrogens (primary N) is 2. The normalized spacial score (nSPS) is 12.5. The molecule has 0 aliphatic carbocycles. The topological polar surface area (TPSA) is 151 Å². The maximum atomic E-state index is 13.3. The van der Waals surface area contributed by atoms with Gasteiger partial charge in [-0.15, -0.1) is 0 Å². The maximum Gasteiger partial charge on any atom is 0.196 e. The Hall–Kier alpha value is -2.43. The van der Waals surface area contributed by atoms with Gasteiger partial charge in [0.15, 0.2) is 5.43 Å². The number of ether oxygens (including phenoxy) is 1. The number of nitrogens with zero attached hydrogens (tertiary/aromatic N) is 3. The number of benzene rings is 1. The van der Waals surface area contributed by atoms with Crippen molar-refractivity contribution in [2.75, 3.05) is 25.6 Å². The van der Waals surface area contributed by atoms with Crippen LogP contribution in [0.5, 0.6) is 0 Å². The summed E-state index contributed by atoms with van der Waals surface area (Å²) in [5.41, 5.74) is 14.8. The Morgan fingerprint density at radius 2 is 2.08 bits per heavy atom. The van der Waals surface area contributed by atoms with Crippen LogP contribution in [0.2, 0.25) is 5.15 Å². The first kappa shape index (κ1) is 29.8. The molecule has 0 saturated carbocycles. The van der Waals surface area contributed by atoms with E-state index >= 15 is 0 Å². The Bertz CT molecular complexity index is 1390. The van der Waals surface area contributed by atoms with Gasteiger partial charge in [-0.25, -0.2) is 4.98 Å². The van der Waals surface area contributed by atoms with Gasteiger partial charge in [-0.1, -0.05) is 17.7 Å². The molecule has 0 amide bonds. The molecule has 0 saturated heterocycles. The fraction of sp³-hybridized carbons (Fsp3) is 0.280. The largest absolute Gasteiger partial charge is 0.493 e. The summed E-state index contributed by atoms with van der Waals surface area (Å²) in [6.45, 7) is 6.40. The molecule has 0 fully saturated rings. The number of amidine groups is 1. The van der Waals surface area contributed by atoms with Crippen LogP contribution in [0, 0.1) is 51.6 Å². The number of rotatable bonds is 9. The van der Waals surface area contributed by atoms with E-state index < -0.39 is 5.84 Å². The van der Waals surface area contributed by atoms with E-state index in [2.05, 4.69) is 15.3 Å². The molecule has 2 aromatic heterocycles. The third-order valence-electron chi connectivity index (χ3n) is 5.43. The van der Waals surface area contributed by atoms with Crippen molar-refractivity contribution in [3.05, 3.63) is 79.4 Å². The zero-order valence-corrected chi connectivity index (χ0v) is 23.0. The van der Waals surface area contributed by atoms with Gasteiger partial charge in [0, 0.05) is 68.4 Å². The van der Waals surface area contributed by atoms with Crippen molar-refractivity contribution >= 4 is 45.9 Å². The molecule has 3 rings (SSSR count). The average Bonchev–Trinajstić information content (AvgIpc) is 2.82. The SMILES string of the molecule is COCCN=C/C(=C\N)c1oc2c([C@@H](C)Nc3ccc(Cl)nc3C(=[N-])N)cc(C)cc2c(=O)c1C.[Ho]. The number of aromatic nitrogens is 1. The molecule has 0 aliphatic heterocycles. The Labute approximate surface area is 244 Å². The first-order chi connectivity index (χ1) is 16.7. The van der Waals surface area contributed by atoms with Crippen LogP contribution in [-0.2, 0) is 4.74 Å². The molecule has 0 spiro atoms. The second-order valence-electron chi connectivity index (χ2n) is 8.05. The van der Waals surface area contributed by atoms with Crippen molar-refractivity contribution in [3.63, 3.8) is 0 Å². The Morgan fingerprint density at radius 3 is 2.72 bits per heavy atom. The number of pyridine rings is 1. The quantitative estimate of drug-likeness (QED) is 0.103. The van der Waals surface area contributed by atoms with E-state index in [1.165, 1.54) is 6.20 Å². The Balaban J connectivity index is 0.00000456. The van der Waals surface area contributed by atoms with E-state index in [4.69, 9.17) is 32.2 Å². The van der Waals surface area contributed by atoms with Crippen molar-refractivity contribution in [1.29, 1.82) is 0 Å². The minimum atomic E-state index is -0.466. The van der Waals surface area contributed by atoms with Crippen molar-refractivity contribution < 1.29 is 46.9 Å². The van der Waals surface area contributed by atoms with Crippen molar-refractivity contribution in [2.45, 2.75) is 26.8 Å². The van der Waals surface area contributed by atoms with Gasteiger partial charge in [-0.05, 0) is 50.4 Å². The van der Waals surface area contributed by atoms with Gasteiger partial charge in [0.05, 0.1) is 41.5 Å². The summed E-state index contributed by atoms with van der Waals surface area (Å²) in [6.07, 6.45) is 2.92. The number of methoxy groups -OCH3 is 1. The molecule has 11 heteroatoms. The predicted octanol–water partition coefficient (Wildman–Crippen LogP) is 3.92. The summed E-state index contributed by atoms with van der Waals surface area (Å²) in [5.74, 6) is -0.128. The number of allylic oxidation sites excluding steroid dienone is 1. The molecule has 195 valence electrons. The molecule has 5 N–H and O–H groups in total. The van der Waals surface area contributed by atoms with Crippen molar-refractivity contribution in [2.24, 2.45) is 16.5 Å². The first-order valence-corrected chi connectivity index (χ1v) is 11.3. The van der Waals surface area contributed by atoms with Crippen LogP contribution in [0.15, 0.2) is 44.7 Å². The standard InChI is InChI=1S/C25H28ClN6O3.Ho/c1-13-9-17(15(3)31-19-5-6-20(26)32-21(19)25(28)29)24-18(10-13)22(33)14(2)23(35-24)16(11-27)12-30-7-8-34-4;/h5-6,9-12,15H,7-8H2,1-4H3,(H5-,27,28,29,30,31,33);/q-1;/t15-;/m1./s1. The summed E-state index contributed by atoms with van der Waals surface area (Å²) in [5, 5.41) is 13.8. The average molecular weight is 661 g/mol. The van der Waals surface area contributed by atoms with Crippen LogP contribution in [0.25, 0.3) is 22.0 Å². The number of halogens is 1. The number of hydrogen-bond donors (Lipinski definition) is 3. The van der Waals surface area contributed by atoms with E-state index in [1.807, 2.05) is 19.9 Å². The zero-order valence-electron chi connectivity index (χ0n) is 20.4. The van der Waals surface area contributed by atoms with Crippen LogP contribution in [0.4, 0.5) is 5.69 Å². The number of anilines is 1. The fourth-order valence-electron chi connectivity index (χ4n) is 3.71. The minimum absolute atomic E-state index is 0. The Morgan fingerprint density at radius 1 is 1.36 bits per heavy atom. The number of aryl methyl sites for hydroxylation is 1. The second kappa shape index (κ2) is 13.2. The van der Waals surface area contributed by atoms with Crippen LogP contribution >= 0.6 is 11.6 Å². The van der Waals surface area contributed by atoms with E-state index in [1.54, 1.807) is 38.4 Å². The van der Waals surface area contributed by atoms with E-state index in [0.29, 0.717) is 46.7 Å². The van der Waals surface area contributed by atoms with Gasteiger partial charge in [-0.3, -0.25) is 9.79 Å². The smallest absolute Gasteiger partial charge is 0.196 e. The van der Waals surface area contributed by atoms with Crippen LogP contribution in [0.1, 0.15) is 41.1 Å². The molecule has 1 radical (unpaired) electrons. The van der Waals surface area contributed by atoms with Crippen LogP contribution < -0.4 is 22.2 Å². The van der Waals surface area contributed by atoms with Crippen LogP contribution in [-0.4, -0.2) is 37.3 Å². The predicted molar refractivity (Wildman–Crippen MR) is 142 cm³/mol. The molecular formula is C25H28ClHoN6O3-.